The molecule has 0 aliphatic carbocycles. The first-order valence-electron chi connectivity index (χ1n) is 13.5. The Labute approximate surface area is 249 Å². The van der Waals surface area contributed by atoms with Crippen molar-refractivity contribution in [2.45, 2.75) is 32.4 Å². The lowest BCUT2D eigenvalue weighted by molar-refractivity contribution is 0.0262. The molecule has 1 atom stereocenters. The number of piperidine rings is 1. The Hall–Kier alpha value is -2.65. The molecule has 4 aromatic rings. The summed E-state index contributed by atoms with van der Waals surface area (Å²) in [4.78, 5) is 17.4. The lowest BCUT2D eigenvalue weighted by atomic mass is 9.97. The van der Waals surface area contributed by atoms with Gasteiger partial charge in [-0.25, -0.2) is 0 Å². The molecule has 2 heterocycles. The van der Waals surface area contributed by atoms with E-state index in [1.165, 1.54) is 19.3 Å². The second-order valence-corrected chi connectivity index (χ2v) is 12.4. The summed E-state index contributed by atoms with van der Waals surface area (Å²) in [7, 11) is 0. The van der Waals surface area contributed by atoms with Crippen molar-refractivity contribution in [1.82, 2.24) is 4.90 Å². The van der Waals surface area contributed by atoms with Gasteiger partial charge in [0.2, 0.25) is 0 Å². The topological polar surface area (TPSA) is 48.0 Å². The number of benzene rings is 3. The van der Waals surface area contributed by atoms with Crippen LogP contribution in [0.4, 0.5) is 0 Å². The molecule has 1 aromatic heterocycles. The molecule has 3 aromatic carbocycles. The molecule has 1 unspecified atom stereocenters. The Morgan fingerprint density at radius 3 is 2.15 bits per heavy atom. The summed E-state index contributed by atoms with van der Waals surface area (Å²) < 4.78 is 18.8. The number of nitrogens with zero attached hydrogens (tertiary/aromatic N) is 1. The molecule has 1 saturated heterocycles. The quantitative estimate of drug-likeness (QED) is 0.121. The highest BCUT2D eigenvalue weighted by molar-refractivity contribution is 7.98. The lowest BCUT2D eigenvalue weighted by Gasteiger charge is -2.32. The van der Waals surface area contributed by atoms with Crippen LogP contribution in [0.3, 0.4) is 0 Å². The Bertz CT molecular complexity index is 1410. The first kappa shape index (κ1) is 28.9. The number of carbonyl (C=O) groups excluding carboxylic acids is 1. The highest BCUT2D eigenvalue weighted by Crippen LogP contribution is 2.42. The van der Waals surface area contributed by atoms with Gasteiger partial charge in [-0.2, -0.15) is 0 Å². The summed E-state index contributed by atoms with van der Waals surface area (Å²) >= 11 is 4.88. The van der Waals surface area contributed by atoms with E-state index in [-0.39, 0.29) is 12.0 Å². The molecule has 1 aliphatic rings. The van der Waals surface area contributed by atoms with E-state index in [9.17, 15) is 4.79 Å². The monoisotopic (exact) mass is 593 g/mol. The van der Waals surface area contributed by atoms with E-state index in [0.717, 1.165) is 50.9 Å². The summed E-state index contributed by atoms with van der Waals surface area (Å²) in [5.74, 6) is 3.57. The number of hydrogen-bond acceptors (Lipinski definition) is 8. The zero-order chi connectivity index (χ0) is 27.9. The number of carbonyl (C=O) groups is 1. The maximum absolute atomic E-state index is 14.1. The van der Waals surface area contributed by atoms with Crippen LogP contribution in [0.5, 0.6) is 17.2 Å². The van der Waals surface area contributed by atoms with Gasteiger partial charge in [0, 0.05) is 39.2 Å². The van der Waals surface area contributed by atoms with Crippen molar-refractivity contribution in [3.63, 3.8) is 0 Å². The number of likely N-dealkylation sites (tertiary alicyclic amines) is 1. The molecule has 1 fully saturated rings. The van der Waals surface area contributed by atoms with Crippen LogP contribution in [0.15, 0.2) is 66.7 Å². The van der Waals surface area contributed by atoms with Gasteiger partial charge in [0.05, 0.1) is 0 Å². The Morgan fingerprint density at radius 2 is 1.48 bits per heavy atom. The molecule has 1 aliphatic heterocycles. The second kappa shape index (κ2) is 13.8. The van der Waals surface area contributed by atoms with E-state index < -0.39 is 0 Å². The van der Waals surface area contributed by atoms with E-state index in [1.54, 1.807) is 34.9 Å². The molecular formula is C32H35NO4S3. The van der Waals surface area contributed by atoms with Crippen LogP contribution in [0.25, 0.3) is 20.5 Å². The predicted octanol–water partition coefficient (Wildman–Crippen LogP) is 8.41. The van der Waals surface area contributed by atoms with Crippen molar-refractivity contribution in [3.05, 3.63) is 77.9 Å². The first-order valence-corrected chi connectivity index (χ1v) is 17.1. The van der Waals surface area contributed by atoms with Crippen LogP contribution in [-0.4, -0.2) is 54.4 Å². The van der Waals surface area contributed by atoms with Crippen molar-refractivity contribution in [2.75, 3.05) is 37.5 Å². The number of fused-ring (bicyclic) bond motifs is 1. The van der Waals surface area contributed by atoms with Gasteiger partial charge in [0.1, 0.15) is 35.4 Å². The third-order valence-corrected chi connectivity index (χ3v) is 8.93. The van der Waals surface area contributed by atoms with E-state index in [0.29, 0.717) is 23.0 Å². The molecule has 0 N–H and O–H groups in total. The molecular weight excluding hydrogens is 559 g/mol. The second-order valence-electron chi connectivity index (χ2n) is 9.76. The fraction of sp³-hybridized carbons (Fsp3) is 0.344. The summed E-state index contributed by atoms with van der Waals surface area (Å²) in [5.41, 5.74) is 2.34. The van der Waals surface area contributed by atoms with Crippen molar-refractivity contribution >= 4 is 50.7 Å². The fourth-order valence-corrected chi connectivity index (χ4v) is 6.68. The molecule has 8 heteroatoms. The van der Waals surface area contributed by atoms with Crippen LogP contribution >= 0.6 is 34.9 Å². The molecule has 0 amide bonds. The normalized spacial score (nSPS) is 14.7. The number of hydrogen-bond donors (Lipinski definition) is 0. The molecule has 5 rings (SSSR count). The maximum Gasteiger partial charge on any atom is 0.195 e. The SMILES string of the molecule is CSCOc1ccc(-c2sc3cc(OCSC)ccc3c2C(=O)c2ccc(OC(C)N3CCCCC3)cc2)cc1. The molecule has 40 heavy (non-hydrogen) atoms. The number of rotatable bonds is 12. The highest BCUT2D eigenvalue weighted by Gasteiger charge is 2.23. The number of thiophene rings is 1. The third kappa shape index (κ3) is 6.79. The zero-order valence-corrected chi connectivity index (χ0v) is 25.6. The van der Waals surface area contributed by atoms with Gasteiger partial charge in [-0.3, -0.25) is 9.69 Å². The van der Waals surface area contributed by atoms with Crippen molar-refractivity contribution < 1.29 is 19.0 Å². The van der Waals surface area contributed by atoms with Crippen molar-refractivity contribution in [3.8, 4) is 27.7 Å². The molecule has 210 valence electrons. The summed E-state index contributed by atoms with van der Waals surface area (Å²) in [5, 5.41) is 0.934. The minimum atomic E-state index is -0.00243. The van der Waals surface area contributed by atoms with Crippen LogP contribution in [0.1, 0.15) is 42.1 Å². The third-order valence-electron chi connectivity index (χ3n) is 7.02. The fourth-order valence-electron chi connectivity index (χ4n) is 4.93. The van der Waals surface area contributed by atoms with Gasteiger partial charge in [-0.15, -0.1) is 34.9 Å². The molecule has 0 bridgehead atoms. The Morgan fingerprint density at radius 1 is 0.850 bits per heavy atom. The van der Waals surface area contributed by atoms with E-state index in [2.05, 4.69) is 11.8 Å². The molecule has 0 spiro atoms. The molecule has 0 saturated carbocycles. The summed E-state index contributed by atoms with van der Waals surface area (Å²) in [6.07, 6.45) is 7.76. The number of ketones is 1. The Balaban J connectivity index is 1.44. The van der Waals surface area contributed by atoms with Crippen molar-refractivity contribution in [1.29, 1.82) is 0 Å². The van der Waals surface area contributed by atoms with Gasteiger partial charge in [0.15, 0.2) is 5.78 Å². The molecule has 5 nitrogen and oxygen atoms in total. The summed E-state index contributed by atoms with van der Waals surface area (Å²) in [6.45, 7) is 4.24. The average molecular weight is 594 g/mol. The van der Waals surface area contributed by atoms with E-state index >= 15 is 0 Å². The van der Waals surface area contributed by atoms with Crippen LogP contribution in [-0.2, 0) is 0 Å². The molecule has 0 radical (unpaired) electrons. The number of thioether (sulfide) groups is 2. The van der Waals surface area contributed by atoms with Gasteiger partial charge in [0.25, 0.3) is 0 Å². The van der Waals surface area contributed by atoms with Gasteiger partial charge in [-0.1, -0.05) is 6.42 Å². The lowest BCUT2D eigenvalue weighted by Crippen LogP contribution is -2.40. The minimum absolute atomic E-state index is 0.00243. The van der Waals surface area contributed by atoms with Gasteiger partial charge >= 0.3 is 0 Å². The average Bonchev–Trinajstić information content (AvgIpc) is 3.38. The first-order chi connectivity index (χ1) is 19.6. The standard InChI is InChI=1S/C32H35NO4S3/c1-22(33-17-5-4-6-18-33)37-26-13-7-23(8-14-26)31(34)30-28-16-15-27(36-21-39-3)19-29(28)40-32(30)24-9-11-25(12-10-24)35-20-38-2/h7-16,19,22H,4-6,17-18,20-21H2,1-3H3. The van der Waals surface area contributed by atoms with Crippen molar-refractivity contribution in [2.24, 2.45) is 0 Å². The smallest absolute Gasteiger partial charge is 0.195 e. The zero-order valence-electron chi connectivity index (χ0n) is 23.2. The largest absolute Gasteiger partial charge is 0.483 e. The number of ether oxygens (including phenoxy) is 3. The minimum Gasteiger partial charge on any atom is -0.483 e. The Kier molecular flexibility index (Phi) is 9.97. The van der Waals surface area contributed by atoms with E-state index in [1.807, 2.05) is 79.2 Å². The predicted molar refractivity (Wildman–Crippen MR) is 171 cm³/mol. The van der Waals surface area contributed by atoms with Gasteiger partial charge in [-0.05, 0) is 105 Å². The van der Waals surface area contributed by atoms with Crippen LogP contribution in [0, 0.1) is 0 Å². The van der Waals surface area contributed by atoms with E-state index in [4.69, 9.17) is 14.2 Å². The van der Waals surface area contributed by atoms with Crippen LogP contribution < -0.4 is 14.2 Å². The maximum atomic E-state index is 14.1. The highest BCUT2D eigenvalue weighted by atomic mass is 32.2. The van der Waals surface area contributed by atoms with Crippen LogP contribution in [0.2, 0.25) is 0 Å². The van der Waals surface area contributed by atoms with Gasteiger partial charge < -0.3 is 14.2 Å². The summed E-state index contributed by atoms with van der Waals surface area (Å²) in [6, 6.07) is 21.6.